The van der Waals surface area contributed by atoms with Crippen LogP contribution in [-0.4, -0.2) is 36.5 Å². The molecule has 2 amide bonds. The van der Waals surface area contributed by atoms with Crippen molar-refractivity contribution in [2.24, 2.45) is 0 Å². The van der Waals surface area contributed by atoms with E-state index in [9.17, 15) is 9.59 Å². The van der Waals surface area contributed by atoms with Crippen LogP contribution in [0.2, 0.25) is 0 Å². The molecule has 0 aliphatic rings. The van der Waals surface area contributed by atoms with Gasteiger partial charge in [-0.25, -0.2) is 0 Å². The molecular weight excluding hydrogens is 348 g/mol. The van der Waals surface area contributed by atoms with Gasteiger partial charge < -0.3 is 15.4 Å². The summed E-state index contributed by atoms with van der Waals surface area (Å²) >= 11 is 1.63. The van der Waals surface area contributed by atoms with Gasteiger partial charge in [0, 0.05) is 5.69 Å². The van der Waals surface area contributed by atoms with E-state index in [2.05, 4.69) is 10.6 Å². The quantitative estimate of drug-likeness (QED) is 0.709. The average Bonchev–Trinajstić information content (AvgIpc) is 2.66. The van der Waals surface area contributed by atoms with Gasteiger partial charge in [0.25, 0.3) is 5.91 Å². The van der Waals surface area contributed by atoms with Crippen LogP contribution >= 0.6 is 11.8 Å². The highest BCUT2D eigenvalue weighted by molar-refractivity contribution is 7.98. The topological polar surface area (TPSA) is 67.4 Å². The number of rotatable bonds is 9. The Balaban J connectivity index is 1.93. The highest BCUT2D eigenvalue weighted by Gasteiger charge is 2.21. The predicted octanol–water partition coefficient (Wildman–Crippen LogP) is 3.25. The number of carbonyl (C=O) groups excluding carboxylic acids is 2. The molecule has 0 spiro atoms. The Morgan fingerprint density at radius 2 is 1.77 bits per heavy atom. The summed E-state index contributed by atoms with van der Waals surface area (Å²) in [5.41, 5.74) is 1.73. The molecule has 0 bridgehead atoms. The van der Waals surface area contributed by atoms with Gasteiger partial charge in [0.1, 0.15) is 11.8 Å². The van der Waals surface area contributed by atoms with Crippen LogP contribution in [0, 0.1) is 6.92 Å². The van der Waals surface area contributed by atoms with Gasteiger partial charge in [-0.2, -0.15) is 11.8 Å². The minimum absolute atomic E-state index is 0.128. The van der Waals surface area contributed by atoms with E-state index < -0.39 is 6.04 Å². The van der Waals surface area contributed by atoms with E-state index in [-0.39, 0.29) is 18.4 Å². The van der Waals surface area contributed by atoms with E-state index in [0.717, 1.165) is 17.0 Å². The minimum atomic E-state index is -0.603. The van der Waals surface area contributed by atoms with Crippen LogP contribution < -0.4 is 15.4 Å². The Hall–Kier alpha value is -2.47. The largest absolute Gasteiger partial charge is 0.484 e. The third kappa shape index (κ3) is 6.44. The first kappa shape index (κ1) is 19.8. The second kappa shape index (κ2) is 10.5. The number of hydrogen-bond acceptors (Lipinski definition) is 4. The molecule has 2 N–H and O–H groups in total. The Morgan fingerprint density at radius 1 is 1.08 bits per heavy atom. The lowest BCUT2D eigenvalue weighted by Crippen LogP contribution is -2.46. The van der Waals surface area contributed by atoms with Crippen molar-refractivity contribution in [1.29, 1.82) is 0 Å². The van der Waals surface area contributed by atoms with E-state index in [1.165, 1.54) is 0 Å². The molecule has 0 heterocycles. The van der Waals surface area contributed by atoms with Gasteiger partial charge in [-0.15, -0.1) is 0 Å². The standard InChI is InChI=1S/C20H24N2O3S/c1-15-8-6-7-11-17(15)22-20(24)18(12-13-26-2)21-19(23)14-25-16-9-4-3-5-10-16/h3-11,18H,12-14H2,1-2H3,(H,21,23)(H,22,24). The van der Waals surface area contributed by atoms with Gasteiger partial charge in [-0.05, 0) is 49.1 Å². The maximum atomic E-state index is 12.6. The normalized spacial score (nSPS) is 11.5. The van der Waals surface area contributed by atoms with E-state index in [1.54, 1.807) is 23.9 Å². The predicted molar refractivity (Wildman–Crippen MR) is 107 cm³/mol. The molecule has 2 aromatic carbocycles. The third-order valence-corrected chi connectivity index (χ3v) is 4.42. The molecule has 26 heavy (non-hydrogen) atoms. The summed E-state index contributed by atoms with van der Waals surface area (Å²) in [5.74, 6) is 0.847. The summed E-state index contributed by atoms with van der Waals surface area (Å²) in [4.78, 5) is 24.8. The Morgan fingerprint density at radius 3 is 2.46 bits per heavy atom. The Labute approximate surface area is 158 Å². The Bertz CT molecular complexity index is 722. The monoisotopic (exact) mass is 372 g/mol. The second-order valence-electron chi connectivity index (χ2n) is 5.81. The third-order valence-electron chi connectivity index (χ3n) is 3.78. The molecule has 6 heteroatoms. The summed E-state index contributed by atoms with van der Waals surface area (Å²) in [6.07, 6.45) is 2.52. The van der Waals surface area contributed by atoms with Crippen molar-refractivity contribution in [3.63, 3.8) is 0 Å². The van der Waals surface area contributed by atoms with Crippen LogP contribution in [0.25, 0.3) is 0 Å². The van der Waals surface area contributed by atoms with E-state index >= 15 is 0 Å². The minimum Gasteiger partial charge on any atom is -0.484 e. The first-order valence-electron chi connectivity index (χ1n) is 8.43. The number of carbonyl (C=O) groups is 2. The molecule has 0 aliphatic carbocycles. The molecule has 0 fully saturated rings. The van der Waals surface area contributed by atoms with Crippen LogP contribution in [0.4, 0.5) is 5.69 Å². The number of para-hydroxylation sites is 2. The maximum Gasteiger partial charge on any atom is 0.258 e. The molecular formula is C20H24N2O3S. The van der Waals surface area contributed by atoms with E-state index in [0.29, 0.717) is 12.2 Å². The maximum absolute atomic E-state index is 12.6. The fourth-order valence-corrected chi connectivity index (χ4v) is 2.81. The van der Waals surface area contributed by atoms with Gasteiger partial charge in [0.2, 0.25) is 5.91 Å². The van der Waals surface area contributed by atoms with Crippen molar-refractivity contribution in [2.75, 3.05) is 23.9 Å². The summed E-state index contributed by atoms with van der Waals surface area (Å²) < 4.78 is 5.44. The van der Waals surface area contributed by atoms with E-state index in [4.69, 9.17) is 4.74 Å². The molecule has 0 saturated carbocycles. The average molecular weight is 372 g/mol. The number of aryl methyl sites for hydroxylation is 1. The van der Waals surface area contributed by atoms with Gasteiger partial charge in [0.15, 0.2) is 6.61 Å². The smallest absolute Gasteiger partial charge is 0.258 e. The van der Waals surface area contributed by atoms with Gasteiger partial charge >= 0.3 is 0 Å². The number of ether oxygens (including phenoxy) is 1. The van der Waals surface area contributed by atoms with Crippen LogP contribution in [0.15, 0.2) is 54.6 Å². The van der Waals surface area contributed by atoms with Crippen molar-refractivity contribution >= 4 is 29.3 Å². The second-order valence-corrected chi connectivity index (χ2v) is 6.79. The molecule has 0 saturated heterocycles. The lowest BCUT2D eigenvalue weighted by atomic mass is 10.1. The molecule has 1 unspecified atom stereocenters. The van der Waals surface area contributed by atoms with Crippen molar-refractivity contribution < 1.29 is 14.3 Å². The van der Waals surface area contributed by atoms with E-state index in [1.807, 2.05) is 55.6 Å². The number of nitrogens with one attached hydrogen (secondary N) is 2. The number of thioether (sulfide) groups is 1. The van der Waals surface area contributed by atoms with Gasteiger partial charge in [0.05, 0.1) is 0 Å². The number of hydrogen-bond donors (Lipinski definition) is 2. The summed E-state index contributed by atoms with van der Waals surface area (Å²) in [6.45, 7) is 1.80. The first-order valence-corrected chi connectivity index (χ1v) is 9.82. The lowest BCUT2D eigenvalue weighted by Gasteiger charge is -2.19. The van der Waals surface area contributed by atoms with Crippen molar-refractivity contribution in [2.45, 2.75) is 19.4 Å². The molecule has 0 radical (unpaired) electrons. The number of anilines is 1. The zero-order valence-electron chi connectivity index (χ0n) is 15.0. The highest BCUT2D eigenvalue weighted by atomic mass is 32.2. The summed E-state index contributed by atoms with van der Waals surface area (Å²) in [6, 6.07) is 16.1. The zero-order valence-corrected chi connectivity index (χ0v) is 15.8. The fourth-order valence-electron chi connectivity index (χ4n) is 2.34. The fraction of sp³-hybridized carbons (Fsp3) is 0.300. The Kier molecular flexibility index (Phi) is 8.02. The number of benzene rings is 2. The molecule has 0 aromatic heterocycles. The van der Waals surface area contributed by atoms with Crippen LogP contribution in [0.1, 0.15) is 12.0 Å². The van der Waals surface area contributed by atoms with Crippen LogP contribution in [0.3, 0.4) is 0 Å². The van der Waals surface area contributed by atoms with Crippen molar-refractivity contribution in [3.05, 3.63) is 60.2 Å². The molecule has 5 nitrogen and oxygen atoms in total. The molecule has 1 atom stereocenters. The van der Waals surface area contributed by atoms with Crippen molar-refractivity contribution in [1.82, 2.24) is 5.32 Å². The van der Waals surface area contributed by atoms with Crippen molar-refractivity contribution in [3.8, 4) is 5.75 Å². The highest BCUT2D eigenvalue weighted by Crippen LogP contribution is 2.14. The molecule has 138 valence electrons. The lowest BCUT2D eigenvalue weighted by molar-refractivity contribution is -0.127. The SMILES string of the molecule is CSCCC(NC(=O)COc1ccccc1)C(=O)Nc1ccccc1C. The van der Waals surface area contributed by atoms with Crippen LogP contribution in [0.5, 0.6) is 5.75 Å². The molecule has 0 aliphatic heterocycles. The number of amides is 2. The van der Waals surface area contributed by atoms with Crippen LogP contribution in [-0.2, 0) is 9.59 Å². The zero-order chi connectivity index (χ0) is 18.8. The first-order chi connectivity index (χ1) is 12.6. The van der Waals surface area contributed by atoms with Gasteiger partial charge in [-0.1, -0.05) is 36.4 Å². The molecule has 2 aromatic rings. The summed E-state index contributed by atoms with van der Waals surface area (Å²) in [7, 11) is 0. The van der Waals surface area contributed by atoms with Gasteiger partial charge in [-0.3, -0.25) is 9.59 Å². The summed E-state index contributed by atoms with van der Waals surface area (Å²) in [5, 5.41) is 5.67. The molecule has 2 rings (SSSR count).